The van der Waals surface area contributed by atoms with Crippen LogP contribution in [0.15, 0.2) is 0 Å². The Kier molecular flexibility index (Phi) is 3.14. The number of likely N-dealkylation sites (tertiary alicyclic amines) is 1. The molecule has 1 heterocycles. The Hall–Kier alpha value is -0.0400. The summed E-state index contributed by atoms with van der Waals surface area (Å²) in [7, 11) is 0. The van der Waals surface area contributed by atoms with Gasteiger partial charge >= 0.3 is 0 Å². The second-order valence-electron chi connectivity index (χ2n) is 8.46. The van der Waals surface area contributed by atoms with Crippen LogP contribution in [0.5, 0.6) is 0 Å². The molecule has 0 aromatic rings. The fourth-order valence-corrected chi connectivity index (χ4v) is 3.88. The molecular weight excluding hydrogens is 206 g/mol. The first-order chi connectivity index (χ1) is 7.65. The summed E-state index contributed by atoms with van der Waals surface area (Å²) in [5, 5.41) is 0. The maximum Gasteiger partial charge on any atom is 0.0215 e. The maximum atomic E-state index is 2.85. The Morgan fingerprint density at radius 1 is 0.941 bits per heavy atom. The van der Waals surface area contributed by atoms with Crippen molar-refractivity contribution in [2.75, 3.05) is 6.54 Å². The Morgan fingerprint density at radius 2 is 1.53 bits per heavy atom. The highest BCUT2D eigenvalue weighted by molar-refractivity contribution is 5.06. The van der Waals surface area contributed by atoms with Crippen molar-refractivity contribution < 1.29 is 0 Å². The van der Waals surface area contributed by atoms with Crippen LogP contribution in [0.3, 0.4) is 0 Å². The van der Waals surface area contributed by atoms with E-state index in [4.69, 9.17) is 0 Å². The van der Waals surface area contributed by atoms with Gasteiger partial charge in [0.2, 0.25) is 0 Å². The molecule has 0 bridgehead atoms. The highest BCUT2D eigenvalue weighted by Gasteiger charge is 2.50. The van der Waals surface area contributed by atoms with Crippen LogP contribution in [0.4, 0.5) is 0 Å². The van der Waals surface area contributed by atoms with Gasteiger partial charge in [-0.15, -0.1) is 0 Å². The van der Waals surface area contributed by atoms with Gasteiger partial charge in [0.25, 0.3) is 0 Å². The van der Waals surface area contributed by atoms with E-state index in [2.05, 4.69) is 46.4 Å². The third kappa shape index (κ3) is 2.41. The molecule has 2 rings (SSSR count). The zero-order valence-corrected chi connectivity index (χ0v) is 12.8. The molecule has 2 aliphatic rings. The molecule has 1 atom stereocenters. The number of piperidine rings is 1. The summed E-state index contributed by atoms with van der Waals surface area (Å²) in [6.45, 7) is 15.8. The summed E-state index contributed by atoms with van der Waals surface area (Å²) in [5.41, 5.74) is 1.39. The van der Waals surface area contributed by atoms with Crippen LogP contribution in [-0.2, 0) is 0 Å². The van der Waals surface area contributed by atoms with Crippen molar-refractivity contribution in [3.63, 3.8) is 0 Å². The molecule has 0 aromatic heterocycles. The highest BCUT2D eigenvalue weighted by Crippen LogP contribution is 2.50. The minimum Gasteiger partial charge on any atom is -0.293 e. The molecule has 0 aromatic carbocycles. The molecule has 1 saturated carbocycles. The summed E-state index contributed by atoms with van der Waals surface area (Å²) in [6, 6.07) is 0. The van der Waals surface area contributed by atoms with Crippen molar-refractivity contribution in [3.05, 3.63) is 0 Å². The van der Waals surface area contributed by atoms with E-state index in [0.717, 1.165) is 5.92 Å². The van der Waals surface area contributed by atoms with Crippen molar-refractivity contribution in [1.82, 2.24) is 4.90 Å². The zero-order chi connectivity index (χ0) is 12.9. The van der Waals surface area contributed by atoms with Gasteiger partial charge < -0.3 is 0 Å². The van der Waals surface area contributed by atoms with E-state index >= 15 is 0 Å². The number of hydrogen-bond acceptors (Lipinski definition) is 1. The molecule has 0 radical (unpaired) electrons. The third-order valence-corrected chi connectivity index (χ3v) is 5.25. The quantitative estimate of drug-likeness (QED) is 0.601. The predicted octanol–water partition coefficient (Wildman–Crippen LogP) is 4.47. The molecule has 2 fully saturated rings. The van der Waals surface area contributed by atoms with Crippen LogP contribution >= 0.6 is 0 Å². The molecule has 1 heteroatoms. The monoisotopic (exact) mass is 237 g/mol. The van der Waals surface area contributed by atoms with Crippen LogP contribution in [0.2, 0.25) is 0 Å². The van der Waals surface area contributed by atoms with E-state index in [1.54, 1.807) is 0 Å². The van der Waals surface area contributed by atoms with Crippen LogP contribution in [0, 0.1) is 11.3 Å². The molecule has 1 aliphatic carbocycles. The Labute approximate surface area is 108 Å². The number of rotatable bonds is 0. The fraction of sp³-hybridized carbons (Fsp3) is 1.00. The van der Waals surface area contributed by atoms with Crippen LogP contribution in [0.25, 0.3) is 0 Å². The van der Waals surface area contributed by atoms with Crippen molar-refractivity contribution in [2.45, 2.75) is 84.7 Å². The molecular formula is C16H31N. The van der Waals surface area contributed by atoms with Gasteiger partial charge in [0.1, 0.15) is 0 Å². The second-order valence-corrected chi connectivity index (χ2v) is 8.46. The molecule has 1 spiro atoms. The van der Waals surface area contributed by atoms with E-state index < -0.39 is 0 Å². The lowest BCUT2D eigenvalue weighted by Gasteiger charge is -2.61. The molecule has 0 amide bonds. The first-order valence-electron chi connectivity index (χ1n) is 7.43. The average Bonchev–Trinajstić information content (AvgIpc) is 2.11. The summed E-state index contributed by atoms with van der Waals surface area (Å²) < 4.78 is 0. The van der Waals surface area contributed by atoms with Crippen LogP contribution < -0.4 is 0 Å². The van der Waals surface area contributed by atoms with E-state index in [1.807, 2.05) is 0 Å². The van der Waals surface area contributed by atoms with E-state index in [-0.39, 0.29) is 0 Å². The molecule has 1 unspecified atom stereocenters. The van der Waals surface area contributed by atoms with Crippen LogP contribution in [-0.4, -0.2) is 22.5 Å². The van der Waals surface area contributed by atoms with Crippen molar-refractivity contribution in [1.29, 1.82) is 0 Å². The molecule has 17 heavy (non-hydrogen) atoms. The highest BCUT2D eigenvalue weighted by atomic mass is 15.3. The maximum absolute atomic E-state index is 2.85. The lowest BCUT2D eigenvalue weighted by molar-refractivity contribution is -0.104. The standard InChI is InChI=1S/C16H31N/c1-14(2,3)13-8-11-16(9-7-10-16)17(12-13)15(4,5)6/h13H,7-12H2,1-6H3. The largest absolute Gasteiger partial charge is 0.293 e. The first kappa shape index (κ1) is 13.4. The van der Waals surface area contributed by atoms with Crippen LogP contribution in [0.1, 0.15) is 73.6 Å². The minimum absolute atomic E-state index is 0.338. The van der Waals surface area contributed by atoms with Gasteiger partial charge in [-0.3, -0.25) is 4.90 Å². The van der Waals surface area contributed by atoms with E-state index in [0.29, 0.717) is 16.5 Å². The summed E-state index contributed by atoms with van der Waals surface area (Å²) in [4.78, 5) is 2.85. The number of hydrogen-bond donors (Lipinski definition) is 0. The van der Waals surface area contributed by atoms with Gasteiger partial charge in [-0.05, 0) is 64.2 Å². The lowest BCUT2D eigenvalue weighted by atomic mass is 9.63. The van der Waals surface area contributed by atoms with Gasteiger partial charge in [0.15, 0.2) is 0 Å². The molecule has 1 nitrogen and oxygen atoms in total. The topological polar surface area (TPSA) is 3.24 Å². The zero-order valence-electron chi connectivity index (χ0n) is 12.8. The van der Waals surface area contributed by atoms with Gasteiger partial charge in [-0.2, -0.15) is 0 Å². The Bertz CT molecular complexity index is 275. The Balaban J connectivity index is 2.17. The third-order valence-electron chi connectivity index (χ3n) is 5.25. The number of nitrogens with zero attached hydrogens (tertiary/aromatic N) is 1. The molecule has 1 saturated heterocycles. The normalized spacial score (nSPS) is 30.4. The summed E-state index contributed by atoms with van der Waals surface area (Å²) in [6.07, 6.45) is 7.22. The Morgan fingerprint density at radius 3 is 1.88 bits per heavy atom. The summed E-state index contributed by atoms with van der Waals surface area (Å²) >= 11 is 0. The van der Waals surface area contributed by atoms with Gasteiger partial charge in [-0.1, -0.05) is 20.8 Å². The minimum atomic E-state index is 0.338. The van der Waals surface area contributed by atoms with Crippen molar-refractivity contribution in [2.24, 2.45) is 11.3 Å². The molecule has 1 aliphatic heterocycles. The average molecular weight is 237 g/mol. The van der Waals surface area contributed by atoms with Gasteiger partial charge in [0.05, 0.1) is 0 Å². The molecule has 0 N–H and O–H groups in total. The van der Waals surface area contributed by atoms with Gasteiger partial charge in [0, 0.05) is 17.6 Å². The van der Waals surface area contributed by atoms with E-state index in [1.165, 1.54) is 38.6 Å². The van der Waals surface area contributed by atoms with Gasteiger partial charge in [-0.25, -0.2) is 0 Å². The first-order valence-corrected chi connectivity index (χ1v) is 7.43. The summed E-state index contributed by atoms with van der Waals surface area (Å²) in [5.74, 6) is 0.868. The second kappa shape index (κ2) is 3.98. The molecule has 100 valence electrons. The SMILES string of the molecule is CC(C)(C)C1CCC2(CCC2)N(C(C)(C)C)C1. The lowest BCUT2D eigenvalue weighted by Crippen LogP contribution is -2.65. The fourth-order valence-electron chi connectivity index (χ4n) is 3.88. The predicted molar refractivity (Wildman–Crippen MR) is 75.2 cm³/mol. The van der Waals surface area contributed by atoms with E-state index in [9.17, 15) is 0 Å². The smallest absolute Gasteiger partial charge is 0.0215 e. The van der Waals surface area contributed by atoms with Crippen molar-refractivity contribution >= 4 is 0 Å². The van der Waals surface area contributed by atoms with Crippen molar-refractivity contribution in [3.8, 4) is 0 Å².